The molecule has 2 heterocycles. The van der Waals surface area contributed by atoms with Crippen LogP contribution in [-0.2, 0) is 6.54 Å². The van der Waals surface area contributed by atoms with Gasteiger partial charge in [0.1, 0.15) is 0 Å². The molecule has 1 saturated heterocycles. The van der Waals surface area contributed by atoms with Crippen LogP contribution in [0.15, 0.2) is 4.42 Å². The van der Waals surface area contributed by atoms with Crippen molar-refractivity contribution in [2.75, 3.05) is 18.0 Å². The van der Waals surface area contributed by atoms with E-state index in [9.17, 15) is 0 Å². The molecule has 5 heteroatoms. The standard InChI is InChI=1S/C13H24N4O/c1-9-7-17(8-10(9)2)12-16-15-11(18-12)6-14-13(3,4)5/h9-10,14H,6-8H2,1-5H3. The summed E-state index contributed by atoms with van der Waals surface area (Å²) in [4.78, 5) is 2.18. The minimum Gasteiger partial charge on any atom is -0.407 e. The molecule has 0 aromatic carbocycles. The van der Waals surface area contributed by atoms with Crippen molar-refractivity contribution in [1.29, 1.82) is 0 Å². The number of aromatic nitrogens is 2. The summed E-state index contributed by atoms with van der Waals surface area (Å²) in [5.74, 6) is 2.04. The molecule has 1 aromatic heterocycles. The van der Waals surface area contributed by atoms with E-state index in [1.165, 1.54) is 0 Å². The van der Waals surface area contributed by atoms with Gasteiger partial charge in [-0.15, -0.1) is 5.10 Å². The predicted molar refractivity (Wildman–Crippen MR) is 71.4 cm³/mol. The molecule has 2 rings (SSSR count). The van der Waals surface area contributed by atoms with E-state index in [1.54, 1.807) is 0 Å². The summed E-state index contributed by atoms with van der Waals surface area (Å²) < 4.78 is 5.70. The second-order valence-electron chi connectivity index (χ2n) is 6.44. The van der Waals surface area contributed by atoms with Crippen molar-refractivity contribution in [2.24, 2.45) is 11.8 Å². The number of nitrogens with one attached hydrogen (secondary N) is 1. The average Bonchev–Trinajstić information content (AvgIpc) is 2.83. The smallest absolute Gasteiger partial charge is 0.318 e. The van der Waals surface area contributed by atoms with Gasteiger partial charge in [0.2, 0.25) is 5.89 Å². The monoisotopic (exact) mass is 252 g/mol. The summed E-state index contributed by atoms with van der Waals surface area (Å²) in [5, 5.41) is 11.6. The van der Waals surface area contributed by atoms with Crippen molar-refractivity contribution in [1.82, 2.24) is 15.5 Å². The number of hydrogen-bond acceptors (Lipinski definition) is 5. The number of rotatable bonds is 3. The first kappa shape index (κ1) is 13.3. The Morgan fingerprint density at radius 2 is 1.83 bits per heavy atom. The van der Waals surface area contributed by atoms with E-state index in [-0.39, 0.29) is 5.54 Å². The Morgan fingerprint density at radius 3 is 2.39 bits per heavy atom. The molecule has 102 valence electrons. The maximum Gasteiger partial charge on any atom is 0.318 e. The molecule has 1 aliphatic heterocycles. The Morgan fingerprint density at radius 1 is 1.22 bits per heavy atom. The maximum absolute atomic E-state index is 5.70. The van der Waals surface area contributed by atoms with Crippen molar-refractivity contribution in [3.8, 4) is 0 Å². The molecule has 0 saturated carbocycles. The summed E-state index contributed by atoms with van der Waals surface area (Å²) in [6, 6.07) is 0.664. The van der Waals surface area contributed by atoms with Gasteiger partial charge in [-0.1, -0.05) is 18.9 Å². The first-order valence-electron chi connectivity index (χ1n) is 6.67. The molecule has 2 unspecified atom stereocenters. The molecular formula is C13H24N4O. The zero-order valence-electron chi connectivity index (χ0n) is 12.0. The second kappa shape index (κ2) is 4.88. The summed E-state index contributed by atoms with van der Waals surface area (Å²) >= 11 is 0. The van der Waals surface area contributed by atoms with Crippen LogP contribution in [-0.4, -0.2) is 28.8 Å². The summed E-state index contributed by atoms with van der Waals surface area (Å²) in [6.07, 6.45) is 0. The lowest BCUT2D eigenvalue weighted by molar-refractivity contribution is 0.381. The Kier molecular flexibility index (Phi) is 3.61. The molecule has 0 bridgehead atoms. The van der Waals surface area contributed by atoms with Crippen molar-refractivity contribution in [3.63, 3.8) is 0 Å². The molecule has 0 radical (unpaired) electrons. The SMILES string of the molecule is CC1CN(c2nnc(CNC(C)(C)C)o2)CC1C. The highest BCUT2D eigenvalue weighted by Crippen LogP contribution is 2.26. The lowest BCUT2D eigenvalue weighted by Gasteiger charge is -2.18. The van der Waals surface area contributed by atoms with Crippen LogP contribution in [0.25, 0.3) is 0 Å². The topological polar surface area (TPSA) is 54.2 Å². The van der Waals surface area contributed by atoms with Crippen LogP contribution < -0.4 is 10.2 Å². The summed E-state index contributed by atoms with van der Waals surface area (Å²) in [5.41, 5.74) is 0.0608. The zero-order valence-corrected chi connectivity index (χ0v) is 12.0. The van der Waals surface area contributed by atoms with E-state index >= 15 is 0 Å². The van der Waals surface area contributed by atoms with Crippen molar-refractivity contribution >= 4 is 6.01 Å². The fourth-order valence-electron chi connectivity index (χ4n) is 2.07. The van der Waals surface area contributed by atoms with Crippen LogP contribution in [0, 0.1) is 11.8 Å². The first-order chi connectivity index (χ1) is 8.35. The number of nitrogens with zero attached hydrogens (tertiary/aromatic N) is 3. The minimum absolute atomic E-state index is 0.0608. The van der Waals surface area contributed by atoms with Gasteiger partial charge < -0.3 is 14.6 Å². The van der Waals surface area contributed by atoms with Crippen LogP contribution in [0.2, 0.25) is 0 Å². The molecule has 18 heavy (non-hydrogen) atoms. The van der Waals surface area contributed by atoms with Gasteiger partial charge in [-0.25, -0.2) is 0 Å². The third-order valence-electron chi connectivity index (χ3n) is 3.48. The molecule has 2 atom stereocenters. The molecule has 0 amide bonds. The van der Waals surface area contributed by atoms with Crippen molar-refractivity contribution < 1.29 is 4.42 Å². The van der Waals surface area contributed by atoms with Crippen LogP contribution >= 0.6 is 0 Å². The van der Waals surface area contributed by atoms with E-state index in [0.717, 1.165) is 13.1 Å². The third-order valence-corrected chi connectivity index (χ3v) is 3.48. The summed E-state index contributed by atoms with van der Waals surface area (Å²) in [6.45, 7) is 13.5. The van der Waals surface area contributed by atoms with Crippen LogP contribution in [0.5, 0.6) is 0 Å². The summed E-state index contributed by atoms with van der Waals surface area (Å²) in [7, 11) is 0. The van der Waals surface area contributed by atoms with Gasteiger partial charge in [-0.05, 0) is 32.6 Å². The Labute approximate surface area is 109 Å². The first-order valence-corrected chi connectivity index (χ1v) is 6.67. The zero-order chi connectivity index (χ0) is 13.3. The van der Waals surface area contributed by atoms with Crippen LogP contribution in [0.3, 0.4) is 0 Å². The van der Waals surface area contributed by atoms with Crippen molar-refractivity contribution in [3.05, 3.63) is 5.89 Å². The van der Waals surface area contributed by atoms with Gasteiger partial charge in [-0.2, -0.15) is 0 Å². The predicted octanol–water partition coefficient (Wildman–Crippen LogP) is 2.05. The molecule has 0 spiro atoms. The maximum atomic E-state index is 5.70. The van der Waals surface area contributed by atoms with Crippen LogP contribution in [0.1, 0.15) is 40.5 Å². The fourth-order valence-corrected chi connectivity index (χ4v) is 2.07. The number of hydrogen-bond donors (Lipinski definition) is 1. The largest absolute Gasteiger partial charge is 0.407 e. The van der Waals surface area contributed by atoms with E-state index in [4.69, 9.17) is 4.42 Å². The lowest BCUT2D eigenvalue weighted by atomic mass is 10.0. The Bertz CT molecular complexity index is 386. The van der Waals surface area contributed by atoms with Gasteiger partial charge in [0.15, 0.2) is 0 Å². The van der Waals surface area contributed by atoms with E-state index in [2.05, 4.69) is 55.0 Å². The molecule has 1 N–H and O–H groups in total. The third kappa shape index (κ3) is 3.22. The molecule has 1 aromatic rings. The van der Waals surface area contributed by atoms with Gasteiger partial charge in [0, 0.05) is 18.6 Å². The quantitative estimate of drug-likeness (QED) is 0.892. The average molecular weight is 252 g/mol. The van der Waals surface area contributed by atoms with Gasteiger partial charge in [0.25, 0.3) is 0 Å². The number of anilines is 1. The van der Waals surface area contributed by atoms with Gasteiger partial charge >= 0.3 is 6.01 Å². The molecule has 1 fully saturated rings. The van der Waals surface area contributed by atoms with E-state index < -0.39 is 0 Å². The normalized spacial score (nSPS) is 24.8. The van der Waals surface area contributed by atoms with Gasteiger partial charge in [0.05, 0.1) is 6.54 Å². The van der Waals surface area contributed by atoms with E-state index in [1.807, 2.05) is 0 Å². The highest BCUT2D eigenvalue weighted by molar-refractivity contribution is 5.26. The molecule has 1 aliphatic rings. The van der Waals surface area contributed by atoms with Gasteiger partial charge in [-0.3, -0.25) is 0 Å². The Hall–Kier alpha value is -1.10. The van der Waals surface area contributed by atoms with E-state index in [0.29, 0.717) is 30.3 Å². The molecule has 5 nitrogen and oxygen atoms in total. The lowest BCUT2D eigenvalue weighted by Crippen LogP contribution is -2.35. The van der Waals surface area contributed by atoms with Crippen LogP contribution in [0.4, 0.5) is 6.01 Å². The second-order valence-corrected chi connectivity index (χ2v) is 6.44. The fraction of sp³-hybridized carbons (Fsp3) is 0.846. The Balaban J connectivity index is 1.94. The van der Waals surface area contributed by atoms with Crippen molar-refractivity contribution in [2.45, 2.75) is 46.7 Å². The molecule has 0 aliphatic carbocycles. The minimum atomic E-state index is 0.0608. The highest BCUT2D eigenvalue weighted by atomic mass is 16.4. The highest BCUT2D eigenvalue weighted by Gasteiger charge is 2.29. The molecular weight excluding hydrogens is 228 g/mol.